The number of hydrogen-bond acceptors (Lipinski definition) is 5. The molecule has 21 heavy (non-hydrogen) atoms. The Morgan fingerprint density at radius 2 is 2.00 bits per heavy atom. The van der Waals surface area contributed by atoms with E-state index >= 15 is 0 Å². The monoisotopic (exact) mass is 307 g/mol. The van der Waals surface area contributed by atoms with Crippen LogP contribution in [0.2, 0.25) is 0 Å². The number of nitrogens with zero attached hydrogens (tertiary/aromatic N) is 3. The molecule has 0 aliphatic carbocycles. The lowest BCUT2D eigenvalue weighted by molar-refractivity contribution is -0.275. The third-order valence-corrected chi connectivity index (χ3v) is 2.49. The zero-order valence-corrected chi connectivity index (χ0v) is 10.5. The minimum atomic E-state index is -4.98. The number of ether oxygens (including phenoxy) is 1. The summed E-state index contributed by atoms with van der Waals surface area (Å²) in [6.45, 7) is -0.150. The molecule has 0 saturated carbocycles. The van der Waals surface area contributed by atoms with Crippen molar-refractivity contribution in [1.82, 2.24) is 0 Å². The van der Waals surface area contributed by atoms with E-state index in [1.807, 2.05) is 0 Å². The van der Waals surface area contributed by atoms with Crippen molar-refractivity contribution >= 4 is 0 Å². The highest BCUT2D eigenvalue weighted by atomic mass is 19.4. The first-order valence-electron chi connectivity index (χ1n) is 5.70. The molecule has 1 aromatic carbocycles. The van der Waals surface area contributed by atoms with Crippen molar-refractivity contribution in [2.24, 2.45) is 5.11 Å². The van der Waals surface area contributed by atoms with Crippen molar-refractivity contribution in [2.45, 2.75) is 25.0 Å². The quantitative estimate of drug-likeness (QED) is 0.424. The molecular weight excluding hydrogens is 295 g/mol. The lowest BCUT2D eigenvalue weighted by Gasteiger charge is -2.21. The number of aliphatic hydroxyl groups is 2. The van der Waals surface area contributed by atoms with Gasteiger partial charge in [0.15, 0.2) is 0 Å². The first-order valence-corrected chi connectivity index (χ1v) is 5.70. The van der Waals surface area contributed by atoms with Crippen LogP contribution in [0, 0.1) is 0 Å². The summed E-state index contributed by atoms with van der Waals surface area (Å²) in [5.74, 6) is -1.14. The van der Waals surface area contributed by atoms with Gasteiger partial charge < -0.3 is 20.1 Å². The molecule has 0 aromatic heterocycles. The molecule has 116 valence electrons. The molecule has 0 saturated heterocycles. The summed E-state index contributed by atoms with van der Waals surface area (Å²) in [6, 6.07) is 2.62. The highest BCUT2D eigenvalue weighted by Gasteiger charge is 2.33. The number of benzene rings is 1. The molecule has 1 aromatic rings. The zero-order valence-electron chi connectivity index (χ0n) is 10.5. The maximum atomic E-state index is 12.3. The molecule has 0 spiro atoms. The Hall–Kier alpha value is -2.16. The summed E-state index contributed by atoms with van der Waals surface area (Å²) in [5, 5.41) is 31.9. The number of halogens is 3. The van der Waals surface area contributed by atoms with Crippen LogP contribution in [0.1, 0.15) is 18.1 Å². The summed E-state index contributed by atoms with van der Waals surface area (Å²) < 4.78 is 40.5. The van der Waals surface area contributed by atoms with Gasteiger partial charge in [-0.3, -0.25) is 0 Å². The van der Waals surface area contributed by atoms with Crippen molar-refractivity contribution in [3.05, 3.63) is 34.2 Å². The Labute approximate surface area is 116 Å². The molecule has 0 amide bonds. The van der Waals surface area contributed by atoms with E-state index in [0.717, 1.165) is 18.2 Å². The van der Waals surface area contributed by atoms with E-state index in [1.165, 1.54) is 0 Å². The first kappa shape index (κ1) is 16.9. The van der Waals surface area contributed by atoms with E-state index in [-0.39, 0.29) is 13.0 Å². The van der Waals surface area contributed by atoms with Crippen LogP contribution < -0.4 is 4.74 Å². The van der Waals surface area contributed by atoms with Crippen LogP contribution in [0.4, 0.5) is 13.2 Å². The minimum Gasteiger partial charge on any atom is -0.508 e. The van der Waals surface area contributed by atoms with Crippen molar-refractivity contribution in [1.29, 1.82) is 0 Å². The molecule has 0 fully saturated rings. The Balaban J connectivity index is 2.98. The molecule has 10 heteroatoms. The molecule has 0 bridgehead atoms. The Morgan fingerprint density at radius 3 is 2.57 bits per heavy atom. The molecule has 0 aliphatic heterocycles. The summed E-state index contributed by atoms with van der Waals surface area (Å²) in [7, 11) is 0. The van der Waals surface area contributed by atoms with Crippen molar-refractivity contribution in [3.63, 3.8) is 0 Å². The summed E-state index contributed by atoms with van der Waals surface area (Å²) in [5.41, 5.74) is 7.65. The fraction of sp³-hybridized carbons (Fsp3) is 0.455. The highest BCUT2D eigenvalue weighted by Crippen LogP contribution is 2.34. The minimum absolute atomic E-state index is 0.150. The van der Waals surface area contributed by atoms with Gasteiger partial charge in [-0.2, -0.15) is 0 Å². The van der Waals surface area contributed by atoms with Gasteiger partial charge in [0.05, 0.1) is 6.10 Å². The molecule has 3 N–H and O–H groups in total. The number of phenolic OH excluding ortho intramolecular Hbond substituents is 1. The number of rotatable bonds is 6. The molecule has 2 atom stereocenters. The van der Waals surface area contributed by atoms with Gasteiger partial charge in [0.25, 0.3) is 0 Å². The van der Waals surface area contributed by atoms with Crippen LogP contribution in [0.15, 0.2) is 23.3 Å². The topological polar surface area (TPSA) is 119 Å². The van der Waals surface area contributed by atoms with Gasteiger partial charge in [0.2, 0.25) is 0 Å². The molecule has 7 nitrogen and oxygen atoms in total. The van der Waals surface area contributed by atoms with Crippen molar-refractivity contribution < 1.29 is 33.2 Å². The summed E-state index contributed by atoms with van der Waals surface area (Å²) in [6.07, 6.45) is -8.40. The first-order chi connectivity index (χ1) is 9.74. The largest absolute Gasteiger partial charge is 0.573 e. The third kappa shape index (κ3) is 5.38. The van der Waals surface area contributed by atoms with Gasteiger partial charge in [-0.15, -0.1) is 13.2 Å². The molecule has 0 aliphatic rings. The van der Waals surface area contributed by atoms with E-state index in [2.05, 4.69) is 14.8 Å². The lowest BCUT2D eigenvalue weighted by atomic mass is 10.0. The highest BCUT2D eigenvalue weighted by molar-refractivity contribution is 5.41. The maximum absolute atomic E-state index is 12.3. The second kappa shape index (κ2) is 7.02. The smallest absolute Gasteiger partial charge is 0.508 e. The molecular formula is C11H12F3N3O4. The van der Waals surface area contributed by atoms with Crippen LogP contribution in [0.25, 0.3) is 10.4 Å². The SMILES string of the molecule is [N-]=[N+]=NCCC(O)C(O)c1cc(O)ccc1OC(F)(F)F. The van der Waals surface area contributed by atoms with Crippen LogP contribution in [-0.4, -0.2) is 34.3 Å². The fourth-order valence-corrected chi connectivity index (χ4v) is 1.58. The predicted octanol–water partition coefficient (Wildman–Crippen LogP) is 2.39. The second-order valence-corrected chi connectivity index (χ2v) is 4.03. The standard InChI is InChI=1S/C11H12F3N3O4/c12-11(13,14)21-9-2-1-6(18)5-7(9)10(20)8(19)3-4-16-17-15/h1-2,5,8,10,18-20H,3-4H2. The number of alkyl halides is 3. The molecule has 0 radical (unpaired) electrons. The Kier molecular flexibility index (Phi) is 5.65. The third-order valence-electron chi connectivity index (χ3n) is 2.49. The normalized spacial score (nSPS) is 14.1. The molecule has 1 rings (SSSR count). The van der Waals surface area contributed by atoms with Gasteiger partial charge in [0.1, 0.15) is 17.6 Å². The van der Waals surface area contributed by atoms with E-state index in [1.54, 1.807) is 0 Å². The van der Waals surface area contributed by atoms with Gasteiger partial charge in [-0.05, 0) is 30.2 Å². The van der Waals surface area contributed by atoms with Gasteiger partial charge in [0, 0.05) is 17.0 Å². The summed E-state index contributed by atoms with van der Waals surface area (Å²) >= 11 is 0. The average Bonchev–Trinajstić information content (AvgIpc) is 2.38. The maximum Gasteiger partial charge on any atom is 0.573 e. The van der Waals surface area contributed by atoms with Gasteiger partial charge in [-0.1, -0.05) is 5.11 Å². The number of hydrogen-bond donors (Lipinski definition) is 3. The lowest BCUT2D eigenvalue weighted by Crippen LogP contribution is -2.23. The summed E-state index contributed by atoms with van der Waals surface area (Å²) in [4.78, 5) is 2.44. The Morgan fingerprint density at radius 1 is 1.33 bits per heavy atom. The van der Waals surface area contributed by atoms with Crippen molar-refractivity contribution in [2.75, 3.05) is 6.54 Å². The van der Waals surface area contributed by atoms with Crippen LogP contribution in [0.5, 0.6) is 11.5 Å². The number of aliphatic hydroxyl groups excluding tert-OH is 2. The second-order valence-electron chi connectivity index (χ2n) is 4.03. The average molecular weight is 307 g/mol. The van der Waals surface area contributed by atoms with E-state index in [4.69, 9.17) is 5.53 Å². The van der Waals surface area contributed by atoms with E-state index in [9.17, 15) is 28.5 Å². The van der Waals surface area contributed by atoms with E-state index < -0.39 is 35.6 Å². The molecule has 2 unspecified atom stereocenters. The van der Waals surface area contributed by atoms with Crippen LogP contribution >= 0.6 is 0 Å². The predicted molar refractivity (Wildman–Crippen MR) is 64.4 cm³/mol. The Bertz CT molecular complexity index is 532. The zero-order chi connectivity index (χ0) is 16.0. The van der Waals surface area contributed by atoms with Crippen LogP contribution in [-0.2, 0) is 0 Å². The number of phenols is 1. The van der Waals surface area contributed by atoms with Gasteiger partial charge in [-0.25, -0.2) is 0 Å². The van der Waals surface area contributed by atoms with Gasteiger partial charge >= 0.3 is 6.36 Å². The molecule has 0 heterocycles. The number of aromatic hydroxyl groups is 1. The van der Waals surface area contributed by atoms with Crippen molar-refractivity contribution in [3.8, 4) is 11.5 Å². The van der Waals surface area contributed by atoms with Crippen LogP contribution in [0.3, 0.4) is 0 Å². The van der Waals surface area contributed by atoms with E-state index in [0.29, 0.717) is 0 Å². The fourth-order valence-electron chi connectivity index (χ4n) is 1.58. The number of azide groups is 1.